The molecule has 0 saturated carbocycles. The molecule has 0 spiro atoms. The van der Waals surface area contributed by atoms with Crippen LogP contribution in [0.1, 0.15) is 39.9 Å². The van der Waals surface area contributed by atoms with Gasteiger partial charge in [-0.25, -0.2) is 0 Å². The van der Waals surface area contributed by atoms with Crippen LogP contribution in [-0.4, -0.2) is 37.0 Å². The lowest BCUT2D eigenvalue weighted by Gasteiger charge is -2.21. The minimum Gasteiger partial charge on any atom is -0.339 e. The van der Waals surface area contributed by atoms with Gasteiger partial charge in [0.2, 0.25) is 0 Å². The summed E-state index contributed by atoms with van der Waals surface area (Å²) in [6.07, 6.45) is 2.26. The first kappa shape index (κ1) is 19.5. The summed E-state index contributed by atoms with van der Waals surface area (Å²) in [7, 11) is 0. The highest BCUT2D eigenvalue weighted by molar-refractivity contribution is 7.98. The minimum absolute atomic E-state index is 0.200. The number of thioether (sulfide) groups is 1. The van der Waals surface area contributed by atoms with Gasteiger partial charge in [-0.3, -0.25) is 4.79 Å². The lowest BCUT2D eigenvalue weighted by atomic mass is 9.92. The quantitative estimate of drug-likeness (QED) is 0.765. The number of likely N-dealkylation sites (tertiary alicyclic amines) is 1. The van der Waals surface area contributed by atoms with Crippen LogP contribution in [0.25, 0.3) is 0 Å². The second-order valence-corrected chi connectivity index (χ2v) is 9.32. The van der Waals surface area contributed by atoms with Gasteiger partial charge >= 0.3 is 0 Å². The van der Waals surface area contributed by atoms with Crippen molar-refractivity contribution in [3.8, 4) is 0 Å². The summed E-state index contributed by atoms with van der Waals surface area (Å²) in [6.45, 7) is 8.32. The first-order valence-corrected chi connectivity index (χ1v) is 11.4. The van der Waals surface area contributed by atoms with Crippen molar-refractivity contribution in [1.29, 1.82) is 0 Å². The molecule has 0 aromatic heterocycles. The summed E-state index contributed by atoms with van der Waals surface area (Å²) in [5.41, 5.74) is 4.66. The molecule has 4 heteroatoms. The van der Waals surface area contributed by atoms with Crippen molar-refractivity contribution < 1.29 is 4.79 Å². The zero-order valence-electron chi connectivity index (χ0n) is 16.9. The maximum atomic E-state index is 13.1. The van der Waals surface area contributed by atoms with Gasteiger partial charge in [-0.2, -0.15) is 0 Å². The van der Waals surface area contributed by atoms with E-state index in [9.17, 15) is 4.79 Å². The van der Waals surface area contributed by atoms with Crippen LogP contribution in [0, 0.1) is 25.7 Å². The van der Waals surface area contributed by atoms with Gasteiger partial charge in [0, 0.05) is 29.3 Å². The van der Waals surface area contributed by atoms with Gasteiger partial charge in [0.15, 0.2) is 0 Å². The van der Waals surface area contributed by atoms with Crippen LogP contribution in [0.15, 0.2) is 47.4 Å². The van der Waals surface area contributed by atoms with Crippen molar-refractivity contribution in [2.45, 2.75) is 37.3 Å². The number of hydrogen-bond acceptors (Lipinski definition) is 3. The van der Waals surface area contributed by atoms with Crippen molar-refractivity contribution in [1.82, 2.24) is 10.2 Å². The molecule has 0 aliphatic carbocycles. The summed E-state index contributed by atoms with van der Waals surface area (Å²) in [5.74, 6) is 2.59. The number of hydrogen-bond donors (Lipinski definition) is 1. The minimum atomic E-state index is 0.200. The third-order valence-electron chi connectivity index (χ3n) is 6.22. The van der Waals surface area contributed by atoms with Crippen LogP contribution in [0.4, 0.5) is 0 Å². The summed E-state index contributed by atoms with van der Waals surface area (Å²) in [4.78, 5) is 16.5. The molecule has 1 N–H and O–H groups in total. The molecule has 0 unspecified atom stereocenters. The van der Waals surface area contributed by atoms with Crippen LogP contribution in [-0.2, 0) is 5.75 Å². The average Bonchev–Trinajstić information content (AvgIpc) is 3.06. The molecule has 0 radical (unpaired) electrons. The number of nitrogens with zero attached hydrogens (tertiary/aromatic N) is 1. The largest absolute Gasteiger partial charge is 0.339 e. The molecule has 2 heterocycles. The maximum absolute atomic E-state index is 13.1. The summed E-state index contributed by atoms with van der Waals surface area (Å²) < 4.78 is 0. The zero-order chi connectivity index (χ0) is 19.5. The van der Waals surface area contributed by atoms with Crippen LogP contribution in [0.2, 0.25) is 0 Å². The van der Waals surface area contributed by atoms with Crippen LogP contribution < -0.4 is 5.32 Å². The van der Waals surface area contributed by atoms with Gasteiger partial charge < -0.3 is 10.2 Å². The number of amides is 1. The van der Waals surface area contributed by atoms with Gasteiger partial charge in [-0.15, -0.1) is 11.8 Å². The summed E-state index contributed by atoms with van der Waals surface area (Å²) in [5, 5.41) is 3.50. The van der Waals surface area contributed by atoms with Crippen molar-refractivity contribution >= 4 is 17.7 Å². The van der Waals surface area contributed by atoms with Gasteiger partial charge in [0.25, 0.3) is 5.91 Å². The summed E-state index contributed by atoms with van der Waals surface area (Å²) in [6, 6.07) is 14.8. The van der Waals surface area contributed by atoms with E-state index in [2.05, 4.69) is 54.4 Å². The molecule has 2 aromatic rings. The molecule has 4 rings (SSSR count). The summed E-state index contributed by atoms with van der Waals surface area (Å²) >= 11 is 1.85. The number of nitrogens with one attached hydrogen (secondary N) is 1. The molecule has 2 aromatic carbocycles. The molecule has 1 amide bonds. The maximum Gasteiger partial charge on any atom is 0.253 e. The molecular weight excluding hydrogens is 364 g/mol. The van der Waals surface area contributed by atoms with E-state index in [0.717, 1.165) is 62.2 Å². The molecule has 0 bridgehead atoms. The normalized spacial score (nSPS) is 22.0. The Labute approximate surface area is 172 Å². The molecule has 2 atom stereocenters. The predicted octanol–water partition coefficient (Wildman–Crippen LogP) is 4.67. The molecule has 148 valence electrons. The fourth-order valence-electron chi connectivity index (χ4n) is 4.42. The number of fused-ring (bicyclic) bond motifs is 1. The van der Waals surface area contributed by atoms with Crippen molar-refractivity contribution in [2.75, 3.05) is 26.2 Å². The van der Waals surface area contributed by atoms with Gasteiger partial charge in [-0.1, -0.05) is 29.8 Å². The fourth-order valence-corrected chi connectivity index (χ4v) is 5.49. The molecule has 2 fully saturated rings. The highest BCUT2D eigenvalue weighted by atomic mass is 32.2. The molecule has 2 aliphatic heterocycles. The monoisotopic (exact) mass is 394 g/mol. The Balaban J connectivity index is 1.41. The Morgan fingerprint density at radius 1 is 1.07 bits per heavy atom. The van der Waals surface area contributed by atoms with Gasteiger partial charge in [-0.05, 0) is 80.9 Å². The molecule has 28 heavy (non-hydrogen) atoms. The second kappa shape index (κ2) is 8.71. The van der Waals surface area contributed by atoms with Crippen LogP contribution in [0.3, 0.4) is 0 Å². The smallest absolute Gasteiger partial charge is 0.253 e. The molecular formula is C24H30N2OS. The van der Waals surface area contributed by atoms with E-state index in [1.807, 2.05) is 23.9 Å². The number of rotatable bonds is 4. The zero-order valence-corrected chi connectivity index (χ0v) is 17.7. The molecule has 2 saturated heterocycles. The number of carbonyl (C=O) groups is 1. The van der Waals surface area contributed by atoms with Gasteiger partial charge in [0.05, 0.1) is 0 Å². The Bertz CT molecular complexity index is 836. The topological polar surface area (TPSA) is 32.3 Å². The Kier molecular flexibility index (Phi) is 6.07. The van der Waals surface area contributed by atoms with Crippen molar-refractivity contribution in [2.24, 2.45) is 11.8 Å². The predicted molar refractivity (Wildman–Crippen MR) is 117 cm³/mol. The molecule has 3 nitrogen and oxygen atoms in total. The van der Waals surface area contributed by atoms with Crippen LogP contribution >= 0.6 is 11.8 Å². The van der Waals surface area contributed by atoms with E-state index >= 15 is 0 Å². The Hall–Kier alpha value is -1.78. The van der Waals surface area contributed by atoms with Crippen molar-refractivity contribution in [3.05, 3.63) is 64.7 Å². The third-order valence-corrected chi connectivity index (χ3v) is 7.45. The highest BCUT2D eigenvalue weighted by Gasteiger charge is 2.31. The van der Waals surface area contributed by atoms with E-state index in [4.69, 9.17) is 0 Å². The van der Waals surface area contributed by atoms with Gasteiger partial charge in [0.1, 0.15) is 0 Å². The second-order valence-electron chi connectivity index (χ2n) is 8.31. The highest BCUT2D eigenvalue weighted by Crippen LogP contribution is 2.29. The fraction of sp³-hybridized carbons (Fsp3) is 0.458. The van der Waals surface area contributed by atoms with E-state index in [1.54, 1.807) is 0 Å². The number of carbonyl (C=O) groups excluding carboxylic acids is 1. The SMILES string of the molecule is Cc1ccc(C)c(SCc2cccc(C(=O)N3CC[C@@H]4CNC[C@@H]4CC3)c2)c1. The van der Waals surface area contributed by atoms with Crippen molar-refractivity contribution in [3.63, 3.8) is 0 Å². The standard InChI is InChI=1S/C24H30N2OS/c1-17-6-7-18(2)23(12-17)28-16-19-4-3-5-20(13-19)24(27)26-10-8-21-14-25-15-22(21)9-11-26/h3-7,12-13,21-22,25H,8-11,14-16H2,1-2H3/t21-,22+. The Morgan fingerprint density at radius 3 is 2.57 bits per heavy atom. The van der Waals surface area contributed by atoms with Crippen LogP contribution in [0.5, 0.6) is 0 Å². The third kappa shape index (κ3) is 4.44. The lowest BCUT2D eigenvalue weighted by Crippen LogP contribution is -2.32. The van der Waals surface area contributed by atoms with E-state index in [1.165, 1.54) is 21.6 Å². The first-order valence-electron chi connectivity index (χ1n) is 10.4. The number of benzene rings is 2. The van der Waals surface area contributed by atoms with E-state index < -0.39 is 0 Å². The Morgan fingerprint density at radius 2 is 1.82 bits per heavy atom. The molecule has 2 aliphatic rings. The van der Waals surface area contributed by atoms with E-state index in [-0.39, 0.29) is 5.91 Å². The first-order chi connectivity index (χ1) is 13.6. The number of aryl methyl sites for hydroxylation is 2. The lowest BCUT2D eigenvalue weighted by molar-refractivity contribution is 0.0758. The average molecular weight is 395 g/mol. The van der Waals surface area contributed by atoms with E-state index in [0.29, 0.717) is 0 Å².